The molecule has 0 radical (unpaired) electrons. The van der Waals surface area contributed by atoms with Gasteiger partial charge in [0.05, 0.1) is 13.2 Å². The van der Waals surface area contributed by atoms with Gasteiger partial charge in [0.25, 0.3) is 0 Å². The molecule has 0 spiro atoms. The van der Waals surface area contributed by atoms with E-state index in [0.717, 1.165) is 12.8 Å². The Labute approximate surface area is 125 Å². The standard InChI is InChI=1S/C17H23NO3/c1-17(2)8-7-14(12-5-3-4-6-13(12)17)18-9-10-21-11-15(18)16(19)20/h3-6,14-15H,7-11H2,1-2H3,(H,19,20). The molecule has 1 aromatic rings. The Kier molecular flexibility index (Phi) is 3.76. The number of rotatable bonds is 2. The fourth-order valence-electron chi connectivity index (χ4n) is 3.74. The van der Waals surface area contributed by atoms with Crippen molar-refractivity contribution >= 4 is 5.97 Å². The molecule has 1 aliphatic heterocycles. The zero-order chi connectivity index (χ0) is 15.0. The van der Waals surface area contributed by atoms with E-state index in [1.807, 2.05) is 0 Å². The number of carboxylic acids is 1. The average Bonchev–Trinajstić information content (AvgIpc) is 2.47. The SMILES string of the molecule is CC1(C)CCC(N2CCOCC2C(=O)O)c2ccccc21. The summed E-state index contributed by atoms with van der Waals surface area (Å²) in [6, 6.07) is 8.16. The molecule has 0 aromatic heterocycles. The Balaban J connectivity index is 1.97. The first-order valence-corrected chi connectivity index (χ1v) is 7.66. The van der Waals surface area contributed by atoms with Crippen LogP contribution in [0.1, 0.15) is 43.9 Å². The second-order valence-electron chi connectivity index (χ2n) is 6.69. The van der Waals surface area contributed by atoms with Gasteiger partial charge in [0, 0.05) is 12.6 Å². The molecule has 2 atom stereocenters. The molecule has 1 heterocycles. The van der Waals surface area contributed by atoms with Crippen LogP contribution in [0.4, 0.5) is 0 Å². The Hall–Kier alpha value is -1.39. The van der Waals surface area contributed by atoms with E-state index in [4.69, 9.17) is 4.74 Å². The highest BCUT2D eigenvalue weighted by Crippen LogP contribution is 2.44. The van der Waals surface area contributed by atoms with Crippen LogP contribution in [0.3, 0.4) is 0 Å². The summed E-state index contributed by atoms with van der Waals surface area (Å²) < 4.78 is 5.37. The van der Waals surface area contributed by atoms with Gasteiger partial charge in [-0.05, 0) is 29.4 Å². The smallest absolute Gasteiger partial charge is 0.323 e. The van der Waals surface area contributed by atoms with Crippen molar-refractivity contribution in [3.8, 4) is 0 Å². The van der Waals surface area contributed by atoms with E-state index < -0.39 is 12.0 Å². The van der Waals surface area contributed by atoms with E-state index >= 15 is 0 Å². The fraction of sp³-hybridized carbons (Fsp3) is 0.588. The lowest BCUT2D eigenvalue weighted by molar-refractivity contribution is -0.152. The molecule has 1 aromatic carbocycles. The molecule has 0 bridgehead atoms. The highest BCUT2D eigenvalue weighted by Gasteiger charge is 2.40. The number of hydrogen-bond donors (Lipinski definition) is 1. The van der Waals surface area contributed by atoms with Gasteiger partial charge in [-0.3, -0.25) is 9.69 Å². The minimum Gasteiger partial charge on any atom is -0.480 e. The van der Waals surface area contributed by atoms with Crippen molar-refractivity contribution in [3.05, 3.63) is 35.4 Å². The van der Waals surface area contributed by atoms with Crippen molar-refractivity contribution in [3.63, 3.8) is 0 Å². The van der Waals surface area contributed by atoms with Gasteiger partial charge in [-0.2, -0.15) is 0 Å². The van der Waals surface area contributed by atoms with Crippen molar-refractivity contribution in [1.82, 2.24) is 4.90 Å². The molecular weight excluding hydrogens is 266 g/mol. The summed E-state index contributed by atoms with van der Waals surface area (Å²) in [5, 5.41) is 9.47. The molecule has 1 saturated heterocycles. The summed E-state index contributed by atoms with van der Waals surface area (Å²) in [4.78, 5) is 13.7. The summed E-state index contributed by atoms with van der Waals surface area (Å²) >= 11 is 0. The monoisotopic (exact) mass is 289 g/mol. The Morgan fingerprint density at radius 1 is 1.38 bits per heavy atom. The van der Waals surface area contributed by atoms with Crippen LogP contribution >= 0.6 is 0 Å². The van der Waals surface area contributed by atoms with Gasteiger partial charge >= 0.3 is 5.97 Å². The molecule has 2 aliphatic rings. The van der Waals surface area contributed by atoms with Crippen LogP contribution in [0.5, 0.6) is 0 Å². The van der Waals surface area contributed by atoms with Crippen LogP contribution < -0.4 is 0 Å². The molecule has 2 unspecified atom stereocenters. The zero-order valence-electron chi connectivity index (χ0n) is 12.7. The summed E-state index contributed by atoms with van der Waals surface area (Å²) in [7, 11) is 0. The van der Waals surface area contributed by atoms with Crippen LogP contribution in [-0.4, -0.2) is 41.8 Å². The molecule has 21 heavy (non-hydrogen) atoms. The fourth-order valence-corrected chi connectivity index (χ4v) is 3.74. The predicted octanol–water partition coefficient (Wildman–Crippen LogP) is 2.58. The number of ether oxygens (including phenoxy) is 1. The molecule has 3 rings (SSSR count). The predicted molar refractivity (Wildman–Crippen MR) is 80.4 cm³/mol. The molecule has 0 saturated carbocycles. The first-order chi connectivity index (χ1) is 10.0. The highest BCUT2D eigenvalue weighted by atomic mass is 16.5. The number of benzene rings is 1. The van der Waals surface area contributed by atoms with Gasteiger partial charge in [0.15, 0.2) is 0 Å². The van der Waals surface area contributed by atoms with Crippen molar-refractivity contribution in [2.24, 2.45) is 0 Å². The van der Waals surface area contributed by atoms with E-state index in [1.54, 1.807) is 0 Å². The molecule has 4 nitrogen and oxygen atoms in total. The normalized spacial score (nSPS) is 28.9. The first kappa shape index (κ1) is 14.5. The van der Waals surface area contributed by atoms with Crippen molar-refractivity contribution in [2.75, 3.05) is 19.8 Å². The minimum absolute atomic E-state index is 0.165. The van der Waals surface area contributed by atoms with Crippen LogP contribution in [0, 0.1) is 0 Å². The van der Waals surface area contributed by atoms with E-state index in [-0.39, 0.29) is 18.1 Å². The molecule has 4 heteroatoms. The number of nitrogens with zero attached hydrogens (tertiary/aromatic N) is 1. The van der Waals surface area contributed by atoms with Gasteiger partial charge in [-0.15, -0.1) is 0 Å². The lowest BCUT2D eigenvalue weighted by atomic mass is 9.70. The van der Waals surface area contributed by atoms with Gasteiger partial charge in [0.1, 0.15) is 6.04 Å². The maximum absolute atomic E-state index is 11.5. The highest BCUT2D eigenvalue weighted by molar-refractivity contribution is 5.74. The zero-order valence-corrected chi connectivity index (χ0v) is 12.7. The summed E-state index contributed by atoms with van der Waals surface area (Å²) in [5.74, 6) is -0.781. The lowest BCUT2D eigenvalue weighted by Gasteiger charge is -2.45. The van der Waals surface area contributed by atoms with Crippen LogP contribution in [0.25, 0.3) is 0 Å². The third kappa shape index (κ3) is 2.58. The molecule has 0 amide bonds. The molecular formula is C17H23NO3. The number of fused-ring (bicyclic) bond motifs is 1. The maximum atomic E-state index is 11.5. The largest absolute Gasteiger partial charge is 0.480 e. The van der Waals surface area contributed by atoms with Crippen LogP contribution in [0.15, 0.2) is 24.3 Å². The third-order valence-corrected chi connectivity index (χ3v) is 4.95. The quantitative estimate of drug-likeness (QED) is 0.909. The van der Waals surface area contributed by atoms with Crippen molar-refractivity contribution in [1.29, 1.82) is 0 Å². The topological polar surface area (TPSA) is 49.8 Å². The molecule has 114 valence electrons. The van der Waals surface area contributed by atoms with Gasteiger partial charge in [-0.1, -0.05) is 38.1 Å². The maximum Gasteiger partial charge on any atom is 0.323 e. The number of aliphatic carboxylic acids is 1. The molecule has 1 N–H and O–H groups in total. The number of carbonyl (C=O) groups is 1. The van der Waals surface area contributed by atoms with Crippen molar-refractivity contribution < 1.29 is 14.6 Å². The summed E-state index contributed by atoms with van der Waals surface area (Å²) in [6.45, 7) is 6.14. The Morgan fingerprint density at radius 3 is 2.90 bits per heavy atom. The second-order valence-corrected chi connectivity index (χ2v) is 6.69. The van der Waals surface area contributed by atoms with Gasteiger partial charge in [0.2, 0.25) is 0 Å². The number of morpholine rings is 1. The van der Waals surface area contributed by atoms with E-state index in [0.29, 0.717) is 13.2 Å². The summed E-state index contributed by atoms with van der Waals surface area (Å²) in [6.07, 6.45) is 2.09. The third-order valence-electron chi connectivity index (χ3n) is 4.95. The van der Waals surface area contributed by atoms with Crippen molar-refractivity contribution in [2.45, 2.75) is 44.2 Å². The van der Waals surface area contributed by atoms with E-state index in [2.05, 4.69) is 43.0 Å². The minimum atomic E-state index is -0.781. The summed E-state index contributed by atoms with van der Waals surface area (Å²) in [5.41, 5.74) is 2.82. The number of hydrogen-bond acceptors (Lipinski definition) is 3. The second kappa shape index (κ2) is 5.43. The molecule has 1 fully saturated rings. The van der Waals surface area contributed by atoms with Gasteiger partial charge in [-0.25, -0.2) is 0 Å². The lowest BCUT2D eigenvalue weighted by Crippen LogP contribution is -2.52. The van der Waals surface area contributed by atoms with E-state index in [9.17, 15) is 9.90 Å². The Morgan fingerprint density at radius 2 is 2.14 bits per heavy atom. The number of carboxylic acid groups (broad SMARTS) is 1. The van der Waals surface area contributed by atoms with Crippen LogP contribution in [0.2, 0.25) is 0 Å². The average molecular weight is 289 g/mol. The van der Waals surface area contributed by atoms with Crippen LogP contribution in [-0.2, 0) is 14.9 Å². The van der Waals surface area contributed by atoms with Gasteiger partial charge < -0.3 is 9.84 Å². The molecule has 1 aliphatic carbocycles. The van der Waals surface area contributed by atoms with E-state index in [1.165, 1.54) is 11.1 Å². The Bertz CT molecular complexity index is 541. The first-order valence-electron chi connectivity index (χ1n) is 7.66.